The summed E-state index contributed by atoms with van der Waals surface area (Å²) >= 11 is 1.91. The summed E-state index contributed by atoms with van der Waals surface area (Å²) in [7, 11) is 0. The van der Waals surface area contributed by atoms with Crippen molar-refractivity contribution in [2.24, 2.45) is 0 Å². The Hall–Kier alpha value is -1.19. The number of hydrogen-bond acceptors (Lipinski definition) is 2. The lowest BCUT2D eigenvalue weighted by atomic mass is 9.95. The predicted molar refractivity (Wildman–Crippen MR) is 87.6 cm³/mol. The van der Waals surface area contributed by atoms with Gasteiger partial charge in [-0.25, -0.2) is 4.39 Å². The van der Waals surface area contributed by atoms with E-state index in [1.165, 1.54) is 28.2 Å². The Labute approximate surface area is 130 Å². The van der Waals surface area contributed by atoms with Crippen LogP contribution in [0.1, 0.15) is 41.0 Å². The van der Waals surface area contributed by atoms with E-state index < -0.39 is 0 Å². The zero-order valence-corrected chi connectivity index (χ0v) is 13.3. The van der Waals surface area contributed by atoms with Gasteiger partial charge in [0, 0.05) is 28.3 Å². The molecule has 0 radical (unpaired) electrons. The van der Waals surface area contributed by atoms with Crippen molar-refractivity contribution >= 4 is 11.3 Å². The van der Waals surface area contributed by atoms with Gasteiger partial charge in [-0.05, 0) is 55.5 Å². The summed E-state index contributed by atoms with van der Waals surface area (Å²) in [4.78, 5) is 2.87. The van der Waals surface area contributed by atoms with Crippen molar-refractivity contribution in [2.75, 3.05) is 6.54 Å². The van der Waals surface area contributed by atoms with Crippen LogP contribution in [0.15, 0.2) is 36.4 Å². The lowest BCUT2D eigenvalue weighted by Crippen LogP contribution is -2.24. The van der Waals surface area contributed by atoms with E-state index in [0.717, 1.165) is 19.4 Å². The Bertz CT molecular complexity index is 571. The first-order valence-electron chi connectivity index (χ1n) is 7.81. The van der Waals surface area contributed by atoms with E-state index in [1.54, 1.807) is 12.1 Å². The molecule has 0 aliphatic heterocycles. The highest BCUT2D eigenvalue weighted by Crippen LogP contribution is 2.27. The third-order valence-corrected chi connectivity index (χ3v) is 5.34. The number of halogens is 1. The lowest BCUT2D eigenvalue weighted by molar-refractivity contribution is 0.576. The summed E-state index contributed by atoms with van der Waals surface area (Å²) in [5.41, 5.74) is 1.23. The zero-order chi connectivity index (χ0) is 14.7. The fourth-order valence-corrected chi connectivity index (χ4v) is 3.64. The highest BCUT2D eigenvalue weighted by molar-refractivity contribution is 7.11. The SMILES string of the molecule is CCc1ccc(CC(CNC2CC2)c2ccc(F)cc2)s1. The number of aryl methyl sites for hydroxylation is 1. The maximum absolute atomic E-state index is 13.1. The molecule has 1 aliphatic carbocycles. The lowest BCUT2D eigenvalue weighted by Gasteiger charge is -2.17. The molecule has 112 valence electrons. The number of benzene rings is 1. The molecule has 0 bridgehead atoms. The average molecular weight is 303 g/mol. The molecule has 3 heteroatoms. The molecule has 1 heterocycles. The van der Waals surface area contributed by atoms with Gasteiger partial charge in [-0.3, -0.25) is 0 Å². The van der Waals surface area contributed by atoms with Gasteiger partial charge >= 0.3 is 0 Å². The Kier molecular flexibility index (Phi) is 4.71. The van der Waals surface area contributed by atoms with Gasteiger partial charge in [0.25, 0.3) is 0 Å². The van der Waals surface area contributed by atoms with Crippen LogP contribution < -0.4 is 5.32 Å². The van der Waals surface area contributed by atoms with Crippen LogP contribution in [0.4, 0.5) is 4.39 Å². The van der Waals surface area contributed by atoms with Gasteiger partial charge in [-0.15, -0.1) is 11.3 Å². The van der Waals surface area contributed by atoms with Gasteiger partial charge < -0.3 is 5.32 Å². The third-order valence-electron chi connectivity index (χ3n) is 4.09. The first-order valence-corrected chi connectivity index (χ1v) is 8.62. The molecule has 0 spiro atoms. The molecule has 1 aliphatic rings. The number of thiophene rings is 1. The second kappa shape index (κ2) is 6.71. The van der Waals surface area contributed by atoms with Crippen LogP contribution in [0.5, 0.6) is 0 Å². The maximum atomic E-state index is 13.1. The van der Waals surface area contributed by atoms with Crippen LogP contribution in [-0.2, 0) is 12.8 Å². The van der Waals surface area contributed by atoms with Crippen LogP contribution in [0.25, 0.3) is 0 Å². The first-order chi connectivity index (χ1) is 10.2. The fraction of sp³-hybridized carbons (Fsp3) is 0.444. The summed E-state index contributed by atoms with van der Waals surface area (Å²) in [5.74, 6) is 0.270. The van der Waals surface area contributed by atoms with Crippen molar-refractivity contribution < 1.29 is 4.39 Å². The van der Waals surface area contributed by atoms with Crippen LogP contribution in [0, 0.1) is 5.82 Å². The number of nitrogens with one attached hydrogen (secondary N) is 1. The molecular weight excluding hydrogens is 281 g/mol. The molecule has 1 atom stereocenters. The molecule has 1 nitrogen and oxygen atoms in total. The van der Waals surface area contributed by atoms with Crippen LogP contribution >= 0.6 is 11.3 Å². The predicted octanol–water partition coefficient (Wildman–Crippen LogP) is 4.53. The summed E-state index contributed by atoms with van der Waals surface area (Å²) in [6, 6.07) is 12.2. The van der Waals surface area contributed by atoms with Crippen molar-refractivity contribution in [1.82, 2.24) is 5.32 Å². The Morgan fingerprint density at radius 1 is 1.14 bits per heavy atom. The Morgan fingerprint density at radius 2 is 1.86 bits per heavy atom. The summed E-state index contributed by atoms with van der Waals surface area (Å²) < 4.78 is 13.1. The summed E-state index contributed by atoms with van der Waals surface area (Å²) in [6.45, 7) is 3.18. The van der Waals surface area contributed by atoms with Crippen molar-refractivity contribution in [3.63, 3.8) is 0 Å². The van der Waals surface area contributed by atoms with E-state index in [2.05, 4.69) is 24.4 Å². The van der Waals surface area contributed by atoms with Crippen molar-refractivity contribution in [3.8, 4) is 0 Å². The minimum absolute atomic E-state index is 0.156. The molecule has 1 N–H and O–H groups in total. The van der Waals surface area contributed by atoms with Gasteiger partial charge in [-0.1, -0.05) is 19.1 Å². The van der Waals surface area contributed by atoms with Crippen molar-refractivity contribution in [1.29, 1.82) is 0 Å². The zero-order valence-electron chi connectivity index (χ0n) is 12.4. The van der Waals surface area contributed by atoms with E-state index >= 15 is 0 Å². The molecule has 1 unspecified atom stereocenters. The monoisotopic (exact) mass is 303 g/mol. The molecular formula is C18H22FNS. The smallest absolute Gasteiger partial charge is 0.123 e. The van der Waals surface area contributed by atoms with Gasteiger partial charge in [0.15, 0.2) is 0 Å². The van der Waals surface area contributed by atoms with Gasteiger partial charge in [0.05, 0.1) is 0 Å². The van der Waals surface area contributed by atoms with E-state index in [9.17, 15) is 4.39 Å². The highest BCUT2D eigenvalue weighted by atomic mass is 32.1. The van der Waals surface area contributed by atoms with Gasteiger partial charge in [0.1, 0.15) is 5.82 Å². The molecule has 0 amide bonds. The third kappa shape index (κ3) is 4.14. The van der Waals surface area contributed by atoms with Crippen molar-refractivity contribution in [3.05, 3.63) is 57.5 Å². The summed E-state index contributed by atoms with van der Waals surface area (Å²) in [6.07, 6.45) is 4.74. The normalized spacial score (nSPS) is 16.1. The van der Waals surface area contributed by atoms with Gasteiger partial charge in [0.2, 0.25) is 0 Å². The fourth-order valence-electron chi connectivity index (χ4n) is 2.60. The molecule has 1 saturated carbocycles. The standard InChI is InChI=1S/C18H22FNS/c1-2-17-9-10-18(21-17)11-14(12-20-16-7-8-16)13-3-5-15(19)6-4-13/h3-6,9-10,14,16,20H,2,7-8,11-12H2,1H3. The minimum Gasteiger partial charge on any atom is -0.313 e. The van der Waals surface area contributed by atoms with Crippen LogP contribution in [-0.4, -0.2) is 12.6 Å². The Morgan fingerprint density at radius 3 is 2.48 bits per heavy atom. The molecule has 1 fully saturated rings. The molecule has 2 aromatic rings. The van der Waals surface area contributed by atoms with E-state index in [-0.39, 0.29) is 5.82 Å². The van der Waals surface area contributed by atoms with E-state index in [1.807, 2.05) is 23.5 Å². The second-order valence-electron chi connectivity index (χ2n) is 5.86. The van der Waals surface area contributed by atoms with Crippen LogP contribution in [0.3, 0.4) is 0 Å². The van der Waals surface area contributed by atoms with Gasteiger partial charge in [-0.2, -0.15) is 0 Å². The highest BCUT2D eigenvalue weighted by Gasteiger charge is 2.23. The molecule has 21 heavy (non-hydrogen) atoms. The topological polar surface area (TPSA) is 12.0 Å². The number of hydrogen-bond donors (Lipinski definition) is 1. The first kappa shape index (κ1) is 14.7. The van der Waals surface area contributed by atoms with E-state index in [4.69, 9.17) is 0 Å². The second-order valence-corrected chi connectivity index (χ2v) is 7.11. The largest absolute Gasteiger partial charge is 0.313 e. The molecule has 0 saturated heterocycles. The molecule has 1 aromatic heterocycles. The maximum Gasteiger partial charge on any atom is 0.123 e. The molecule has 3 rings (SSSR count). The average Bonchev–Trinajstić information content (AvgIpc) is 3.22. The van der Waals surface area contributed by atoms with Crippen LogP contribution in [0.2, 0.25) is 0 Å². The Balaban J connectivity index is 1.72. The van der Waals surface area contributed by atoms with Crippen molar-refractivity contribution in [2.45, 2.75) is 44.6 Å². The molecule has 1 aromatic carbocycles. The summed E-state index contributed by atoms with van der Waals surface area (Å²) in [5, 5.41) is 3.62. The quantitative estimate of drug-likeness (QED) is 0.792. The number of rotatable bonds is 7. The minimum atomic E-state index is -0.156. The van der Waals surface area contributed by atoms with E-state index in [0.29, 0.717) is 12.0 Å².